The maximum absolute atomic E-state index is 11.2. The molecule has 0 spiro atoms. The monoisotopic (exact) mass is 185 g/mol. The molecule has 4 nitrogen and oxygen atoms in total. The fraction of sp³-hybridized carbons (Fsp3) is 0.778. The highest BCUT2D eigenvalue weighted by Gasteiger charge is 2.23. The van der Waals surface area contributed by atoms with Gasteiger partial charge in [-0.25, -0.2) is 0 Å². The standard InChI is InChI=1S/C9H15NO3/c1-8(12)10-6-4-2-3-5-9(10)13-7-11/h7,9H,2-6H2,1H3. The van der Waals surface area contributed by atoms with Gasteiger partial charge in [0.05, 0.1) is 0 Å². The zero-order chi connectivity index (χ0) is 9.68. The summed E-state index contributed by atoms with van der Waals surface area (Å²) >= 11 is 0. The van der Waals surface area contributed by atoms with Crippen LogP contribution >= 0.6 is 0 Å². The molecular weight excluding hydrogens is 170 g/mol. The lowest BCUT2D eigenvalue weighted by Gasteiger charge is -2.26. The first-order valence-corrected chi connectivity index (χ1v) is 4.62. The summed E-state index contributed by atoms with van der Waals surface area (Å²) in [5.74, 6) is -0.0197. The summed E-state index contributed by atoms with van der Waals surface area (Å²) in [6.07, 6.45) is 3.54. The van der Waals surface area contributed by atoms with Crippen molar-refractivity contribution in [3.63, 3.8) is 0 Å². The van der Waals surface area contributed by atoms with Gasteiger partial charge in [-0.2, -0.15) is 0 Å². The molecule has 0 aromatic rings. The molecule has 4 heteroatoms. The van der Waals surface area contributed by atoms with Crippen molar-refractivity contribution in [3.8, 4) is 0 Å². The second-order valence-corrected chi connectivity index (χ2v) is 3.25. The lowest BCUT2D eigenvalue weighted by atomic mass is 10.2. The number of ether oxygens (including phenoxy) is 1. The number of hydrogen-bond donors (Lipinski definition) is 0. The van der Waals surface area contributed by atoms with E-state index in [2.05, 4.69) is 0 Å². The SMILES string of the molecule is CC(=O)N1CCCCCC1OC=O. The molecule has 0 radical (unpaired) electrons. The number of carbonyl (C=O) groups excluding carboxylic acids is 2. The predicted octanol–water partition coefficient (Wildman–Crippen LogP) is 0.908. The van der Waals surface area contributed by atoms with Gasteiger partial charge in [0.25, 0.3) is 6.47 Å². The number of amides is 1. The Morgan fingerprint density at radius 3 is 2.85 bits per heavy atom. The van der Waals surface area contributed by atoms with Crippen LogP contribution in [0.5, 0.6) is 0 Å². The fourth-order valence-electron chi connectivity index (χ4n) is 1.64. The first-order chi connectivity index (χ1) is 6.25. The molecule has 1 aliphatic heterocycles. The van der Waals surface area contributed by atoms with E-state index < -0.39 is 0 Å². The van der Waals surface area contributed by atoms with Crippen LogP contribution in [0, 0.1) is 0 Å². The highest BCUT2D eigenvalue weighted by atomic mass is 16.5. The van der Waals surface area contributed by atoms with Crippen molar-refractivity contribution in [2.45, 2.75) is 38.8 Å². The largest absolute Gasteiger partial charge is 0.444 e. The Kier molecular flexibility index (Phi) is 3.73. The molecule has 1 saturated heterocycles. The Bertz CT molecular complexity index is 193. The predicted molar refractivity (Wildman–Crippen MR) is 46.8 cm³/mol. The molecule has 1 aliphatic rings. The Morgan fingerprint density at radius 1 is 1.46 bits per heavy atom. The zero-order valence-electron chi connectivity index (χ0n) is 7.86. The molecule has 1 heterocycles. The molecule has 0 aromatic heterocycles. The summed E-state index contributed by atoms with van der Waals surface area (Å²) in [5, 5.41) is 0. The Balaban J connectivity index is 2.60. The van der Waals surface area contributed by atoms with E-state index in [4.69, 9.17) is 4.74 Å². The lowest BCUT2D eigenvalue weighted by Crippen LogP contribution is -2.40. The third-order valence-electron chi connectivity index (χ3n) is 2.31. The molecule has 1 unspecified atom stereocenters. The van der Waals surface area contributed by atoms with Crippen molar-refractivity contribution in [1.82, 2.24) is 4.90 Å². The van der Waals surface area contributed by atoms with Gasteiger partial charge in [0, 0.05) is 19.9 Å². The van der Waals surface area contributed by atoms with E-state index in [0.717, 1.165) is 25.7 Å². The van der Waals surface area contributed by atoms with Crippen molar-refractivity contribution in [2.75, 3.05) is 6.54 Å². The molecule has 74 valence electrons. The van der Waals surface area contributed by atoms with Crippen molar-refractivity contribution in [1.29, 1.82) is 0 Å². The van der Waals surface area contributed by atoms with E-state index in [0.29, 0.717) is 13.0 Å². The summed E-state index contributed by atoms with van der Waals surface area (Å²) < 4.78 is 4.86. The number of rotatable bonds is 2. The molecule has 0 saturated carbocycles. The van der Waals surface area contributed by atoms with E-state index in [1.54, 1.807) is 4.90 Å². The number of likely N-dealkylation sites (tertiary alicyclic amines) is 1. The van der Waals surface area contributed by atoms with Gasteiger partial charge in [-0.3, -0.25) is 9.59 Å². The van der Waals surface area contributed by atoms with Crippen molar-refractivity contribution < 1.29 is 14.3 Å². The van der Waals surface area contributed by atoms with Gasteiger partial charge >= 0.3 is 0 Å². The number of nitrogens with zero attached hydrogens (tertiary/aromatic N) is 1. The molecule has 0 aromatic carbocycles. The first-order valence-electron chi connectivity index (χ1n) is 4.62. The summed E-state index contributed by atoms with van der Waals surface area (Å²) in [6, 6.07) is 0. The molecule has 13 heavy (non-hydrogen) atoms. The second kappa shape index (κ2) is 4.84. The summed E-state index contributed by atoms with van der Waals surface area (Å²) in [6.45, 7) is 2.63. The van der Waals surface area contributed by atoms with Crippen LogP contribution in [0.25, 0.3) is 0 Å². The zero-order valence-corrected chi connectivity index (χ0v) is 7.86. The minimum absolute atomic E-state index is 0.0197. The molecule has 1 atom stereocenters. The molecule has 0 aliphatic carbocycles. The van der Waals surface area contributed by atoms with E-state index in [-0.39, 0.29) is 12.1 Å². The molecule has 1 amide bonds. The maximum atomic E-state index is 11.2. The summed E-state index contributed by atoms with van der Waals surface area (Å²) in [7, 11) is 0. The van der Waals surface area contributed by atoms with Crippen LogP contribution in [0.1, 0.15) is 32.6 Å². The van der Waals surface area contributed by atoms with Crippen LogP contribution in [-0.2, 0) is 14.3 Å². The highest BCUT2D eigenvalue weighted by Crippen LogP contribution is 2.17. The van der Waals surface area contributed by atoms with Crippen LogP contribution in [0.3, 0.4) is 0 Å². The van der Waals surface area contributed by atoms with Crippen LogP contribution in [0.2, 0.25) is 0 Å². The maximum Gasteiger partial charge on any atom is 0.295 e. The van der Waals surface area contributed by atoms with Gasteiger partial charge in [-0.05, 0) is 12.8 Å². The number of carbonyl (C=O) groups is 2. The quantitative estimate of drug-likeness (QED) is 0.601. The summed E-state index contributed by atoms with van der Waals surface area (Å²) in [4.78, 5) is 23.0. The molecule has 1 rings (SSSR count). The van der Waals surface area contributed by atoms with E-state index in [1.165, 1.54) is 6.92 Å². The fourth-order valence-corrected chi connectivity index (χ4v) is 1.64. The molecule has 1 fully saturated rings. The Hall–Kier alpha value is -1.06. The average molecular weight is 185 g/mol. The van der Waals surface area contributed by atoms with Crippen LogP contribution in [0.4, 0.5) is 0 Å². The van der Waals surface area contributed by atoms with Gasteiger partial charge in [0.1, 0.15) is 0 Å². The van der Waals surface area contributed by atoms with Crippen molar-refractivity contribution >= 4 is 12.4 Å². The average Bonchev–Trinajstić information content (AvgIpc) is 2.30. The van der Waals surface area contributed by atoms with Crippen molar-refractivity contribution in [2.24, 2.45) is 0 Å². The van der Waals surface area contributed by atoms with Gasteiger partial charge in [0.2, 0.25) is 5.91 Å². The van der Waals surface area contributed by atoms with E-state index in [9.17, 15) is 9.59 Å². The normalized spacial score (nSPS) is 23.5. The second-order valence-electron chi connectivity index (χ2n) is 3.25. The van der Waals surface area contributed by atoms with Crippen LogP contribution in [0.15, 0.2) is 0 Å². The van der Waals surface area contributed by atoms with Gasteiger partial charge in [-0.15, -0.1) is 0 Å². The third kappa shape index (κ3) is 2.72. The minimum Gasteiger partial charge on any atom is -0.444 e. The van der Waals surface area contributed by atoms with Crippen molar-refractivity contribution in [3.05, 3.63) is 0 Å². The smallest absolute Gasteiger partial charge is 0.295 e. The van der Waals surface area contributed by atoms with Gasteiger partial charge in [0.15, 0.2) is 6.23 Å². The Labute approximate surface area is 77.8 Å². The Morgan fingerprint density at radius 2 is 2.23 bits per heavy atom. The lowest BCUT2D eigenvalue weighted by molar-refractivity contribution is -0.153. The molecule has 0 bridgehead atoms. The third-order valence-corrected chi connectivity index (χ3v) is 2.31. The summed E-state index contributed by atoms with van der Waals surface area (Å²) in [5.41, 5.74) is 0. The topological polar surface area (TPSA) is 46.6 Å². The van der Waals surface area contributed by atoms with E-state index in [1.807, 2.05) is 0 Å². The van der Waals surface area contributed by atoms with Crippen LogP contribution in [-0.4, -0.2) is 30.1 Å². The molecular formula is C9H15NO3. The first kappa shape index (κ1) is 10.0. The molecule has 0 N–H and O–H groups in total. The minimum atomic E-state index is -0.336. The van der Waals surface area contributed by atoms with Gasteiger partial charge in [-0.1, -0.05) is 6.42 Å². The van der Waals surface area contributed by atoms with Gasteiger partial charge < -0.3 is 9.64 Å². The highest BCUT2D eigenvalue weighted by molar-refractivity contribution is 5.73. The van der Waals surface area contributed by atoms with E-state index >= 15 is 0 Å². The number of hydrogen-bond acceptors (Lipinski definition) is 3. The van der Waals surface area contributed by atoms with Crippen LogP contribution < -0.4 is 0 Å².